The minimum Gasteiger partial charge on any atom is -0.478 e. The van der Waals surface area contributed by atoms with Gasteiger partial charge in [-0.2, -0.15) is 0 Å². The third kappa shape index (κ3) is 3.73. The highest BCUT2D eigenvalue weighted by Gasteiger charge is 2.20. The maximum Gasteiger partial charge on any atom is 0.335 e. The van der Waals surface area contributed by atoms with Gasteiger partial charge in [0.25, 0.3) is 0 Å². The van der Waals surface area contributed by atoms with Crippen molar-refractivity contribution in [1.82, 2.24) is 10.2 Å². The molecule has 1 heterocycles. The van der Waals surface area contributed by atoms with E-state index in [0.29, 0.717) is 12.5 Å². The van der Waals surface area contributed by atoms with E-state index in [2.05, 4.69) is 12.2 Å². The average Bonchev–Trinajstić information content (AvgIpc) is 2.45. The van der Waals surface area contributed by atoms with Crippen molar-refractivity contribution in [3.63, 3.8) is 0 Å². The van der Waals surface area contributed by atoms with Crippen LogP contribution in [0.25, 0.3) is 0 Å². The van der Waals surface area contributed by atoms with Gasteiger partial charge < -0.3 is 15.3 Å². The lowest BCUT2D eigenvalue weighted by atomic mass is 10.0. The second kappa shape index (κ2) is 6.41. The third-order valence-corrected chi connectivity index (χ3v) is 3.56. The van der Waals surface area contributed by atoms with Crippen LogP contribution in [0.4, 0.5) is 4.79 Å². The monoisotopic (exact) mass is 276 g/mol. The summed E-state index contributed by atoms with van der Waals surface area (Å²) >= 11 is 0. The number of piperidine rings is 1. The predicted molar refractivity (Wildman–Crippen MR) is 75.6 cm³/mol. The fraction of sp³-hybridized carbons (Fsp3) is 0.467. The van der Waals surface area contributed by atoms with E-state index in [-0.39, 0.29) is 11.6 Å². The van der Waals surface area contributed by atoms with E-state index in [4.69, 9.17) is 5.11 Å². The first-order chi connectivity index (χ1) is 9.56. The number of likely N-dealkylation sites (tertiary alicyclic amines) is 1. The van der Waals surface area contributed by atoms with Crippen LogP contribution in [-0.2, 0) is 6.54 Å². The van der Waals surface area contributed by atoms with Gasteiger partial charge in [0, 0.05) is 19.6 Å². The molecule has 2 amide bonds. The number of urea groups is 1. The summed E-state index contributed by atoms with van der Waals surface area (Å²) in [5.74, 6) is -0.409. The van der Waals surface area contributed by atoms with Gasteiger partial charge in [0.2, 0.25) is 0 Å². The molecule has 108 valence electrons. The molecule has 1 aliphatic rings. The quantitative estimate of drug-likeness (QED) is 0.890. The Hall–Kier alpha value is -2.04. The summed E-state index contributed by atoms with van der Waals surface area (Å²) < 4.78 is 0. The van der Waals surface area contributed by atoms with Crippen LogP contribution in [0.3, 0.4) is 0 Å². The molecular formula is C15H20N2O3. The normalized spacial score (nSPS) is 18.6. The Morgan fingerprint density at radius 1 is 1.45 bits per heavy atom. The number of carboxylic acid groups (broad SMARTS) is 1. The zero-order valence-electron chi connectivity index (χ0n) is 11.6. The first-order valence-corrected chi connectivity index (χ1v) is 6.91. The van der Waals surface area contributed by atoms with Gasteiger partial charge in [0.05, 0.1) is 5.56 Å². The lowest BCUT2D eigenvalue weighted by Crippen LogP contribution is -2.44. The van der Waals surface area contributed by atoms with Gasteiger partial charge >= 0.3 is 12.0 Å². The minimum atomic E-state index is -0.956. The van der Waals surface area contributed by atoms with E-state index in [9.17, 15) is 9.59 Å². The smallest absolute Gasteiger partial charge is 0.335 e. The maximum absolute atomic E-state index is 12.0. The molecule has 1 aromatic carbocycles. The molecule has 0 aromatic heterocycles. The molecule has 1 unspecified atom stereocenters. The summed E-state index contributed by atoms with van der Waals surface area (Å²) in [6, 6.07) is 6.55. The van der Waals surface area contributed by atoms with Crippen molar-refractivity contribution in [2.45, 2.75) is 26.3 Å². The zero-order chi connectivity index (χ0) is 14.5. The van der Waals surface area contributed by atoms with Crippen LogP contribution in [0.2, 0.25) is 0 Å². The first-order valence-electron chi connectivity index (χ1n) is 6.91. The number of carbonyl (C=O) groups is 2. The van der Waals surface area contributed by atoms with Gasteiger partial charge in [-0.3, -0.25) is 0 Å². The number of nitrogens with one attached hydrogen (secondary N) is 1. The van der Waals surface area contributed by atoms with Crippen LogP contribution in [0.5, 0.6) is 0 Å². The maximum atomic E-state index is 12.0. The molecule has 1 aliphatic heterocycles. The Bertz CT molecular complexity index is 502. The van der Waals surface area contributed by atoms with Gasteiger partial charge in [-0.05, 0) is 36.5 Å². The molecular weight excluding hydrogens is 256 g/mol. The number of aromatic carboxylic acids is 1. The molecule has 5 nitrogen and oxygen atoms in total. The molecule has 0 saturated carbocycles. The molecule has 20 heavy (non-hydrogen) atoms. The summed E-state index contributed by atoms with van der Waals surface area (Å²) in [7, 11) is 0. The summed E-state index contributed by atoms with van der Waals surface area (Å²) in [4.78, 5) is 24.7. The molecule has 0 spiro atoms. The summed E-state index contributed by atoms with van der Waals surface area (Å²) in [5, 5.41) is 11.8. The zero-order valence-corrected chi connectivity index (χ0v) is 11.6. The number of rotatable bonds is 3. The fourth-order valence-corrected chi connectivity index (χ4v) is 2.48. The van der Waals surface area contributed by atoms with Crippen molar-refractivity contribution in [1.29, 1.82) is 0 Å². The van der Waals surface area contributed by atoms with E-state index in [1.165, 1.54) is 6.42 Å². The SMILES string of the molecule is CC1CCCN(C(=O)NCc2cccc(C(=O)O)c2)C1. The average molecular weight is 276 g/mol. The standard InChI is InChI=1S/C15H20N2O3/c1-11-4-3-7-17(10-11)15(20)16-9-12-5-2-6-13(8-12)14(18)19/h2,5-6,8,11H,3-4,7,9-10H2,1H3,(H,16,20)(H,18,19). The van der Waals surface area contributed by atoms with Crippen LogP contribution in [0.15, 0.2) is 24.3 Å². The van der Waals surface area contributed by atoms with Crippen LogP contribution in [-0.4, -0.2) is 35.1 Å². The molecule has 0 bridgehead atoms. The van der Waals surface area contributed by atoms with Crippen molar-refractivity contribution >= 4 is 12.0 Å². The van der Waals surface area contributed by atoms with Crippen molar-refractivity contribution in [2.24, 2.45) is 5.92 Å². The number of nitrogens with zero attached hydrogens (tertiary/aromatic N) is 1. The third-order valence-electron chi connectivity index (χ3n) is 3.56. The van der Waals surface area contributed by atoms with E-state index >= 15 is 0 Å². The number of carbonyl (C=O) groups excluding carboxylic acids is 1. The van der Waals surface area contributed by atoms with Gasteiger partial charge in [-0.25, -0.2) is 9.59 Å². The van der Waals surface area contributed by atoms with Crippen molar-refractivity contribution in [3.8, 4) is 0 Å². The van der Waals surface area contributed by atoms with E-state index in [1.807, 2.05) is 11.0 Å². The largest absolute Gasteiger partial charge is 0.478 e. The van der Waals surface area contributed by atoms with Gasteiger partial charge in [0.15, 0.2) is 0 Å². The highest BCUT2D eigenvalue weighted by molar-refractivity contribution is 5.87. The topological polar surface area (TPSA) is 69.6 Å². The molecule has 2 rings (SSSR count). The Labute approximate surface area is 118 Å². The van der Waals surface area contributed by atoms with Crippen LogP contribution < -0.4 is 5.32 Å². The molecule has 2 N–H and O–H groups in total. The van der Waals surface area contributed by atoms with E-state index < -0.39 is 5.97 Å². The molecule has 1 aromatic rings. The summed E-state index contributed by atoms with van der Waals surface area (Å²) in [6.45, 7) is 4.09. The van der Waals surface area contributed by atoms with Crippen LogP contribution in [0.1, 0.15) is 35.7 Å². The second-order valence-electron chi connectivity index (χ2n) is 5.36. The van der Waals surface area contributed by atoms with Crippen molar-refractivity contribution in [3.05, 3.63) is 35.4 Å². The van der Waals surface area contributed by atoms with Crippen molar-refractivity contribution in [2.75, 3.05) is 13.1 Å². The molecule has 0 aliphatic carbocycles. The number of amides is 2. The van der Waals surface area contributed by atoms with Crippen LogP contribution in [0, 0.1) is 5.92 Å². The van der Waals surface area contributed by atoms with Gasteiger partial charge in [-0.15, -0.1) is 0 Å². The Kier molecular flexibility index (Phi) is 4.61. The highest BCUT2D eigenvalue weighted by Crippen LogP contribution is 2.15. The fourth-order valence-electron chi connectivity index (χ4n) is 2.48. The molecule has 1 atom stereocenters. The lowest BCUT2D eigenvalue weighted by molar-refractivity contribution is 0.0696. The number of benzene rings is 1. The molecule has 1 fully saturated rings. The number of carboxylic acids is 1. The van der Waals surface area contributed by atoms with E-state index in [1.54, 1.807) is 18.2 Å². The Morgan fingerprint density at radius 2 is 2.25 bits per heavy atom. The van der Waals surface area contributed by atoms with E-state index in [0.717, 1.165) is 25.1 Å². The minimum absolute atomic E-state index is 0.0720. The molecule has 1 saturated heterocycles. The Morgan fingerprint density at radius 3 is 2.95 bits per heavy atom. The highest BCUT2D eigenvalue weighted by atomic mass is 16.4. The van der Waals surface area contributed by atoms with Crippen molar-refractivity contribution < 1.29 is 14.7 Å². The van der Waals surface area contributed by atoms with Crippen LogP contribution >= 0.6 is 0 Å². The second-order valence-corrected chi connectivity index (χ2v) is 5.36. The number of hydrogen-bond acceptors (Lipinski definition) is 2. The molecule has 0 radical (unpaired) electrons. The molecule has 5 heteroatoms. The summed E-state index contributed by atoms with van der Waals surface area (Å²) in [6.07, 6.45) is 2.22. The van der Waals surface area contributed by atoms with Gasteiger partial charge in [-0.1, -0.05) is 19.1 Å². The predicted octanol–water partition coefficient (Wildman–Crippen LogP) is 2.33. The lowest BCUT2D eigenvalue weighted by Gasteiger charge is -2.30. The summed E-state index contributed by atoms with van der Waals surface area (Å²) in [5.41, 5.74) is 1.03. The Balaban J connectivity index is 1.89. The number of hydrogen-bond donors (Lipinski definition) is 2. The first kappa shape index (κ1) is 14.4. The van der Waals surface area contributed by atoms with Gasteiger partial charge in [0.1, 0.15) is 0 Å².